The molecule has 2 nitrogen and oxygen atoms in total. The van der Waals surface area contributed by atoms with Crippen molar-refractivity contribution in [1.82, 2.24) is 4.98 Å². The Bertz CT molecular complexity index is 802. The fraction of sp³-hybridized carbons (Fsp3) is 0.190. The number of aromatic nitrogens is 1. The minimum atomic E-state index is 0.975. The van der Waals surface area contributed by atoms with E-state index < -0.39 is 0 Å². The number of hydrogen-bond donors (Lipinski definition) is 0. The standard InChI is InChI=1S/C21H22N2/c1-3-23(4-2)21-16-18-12-8-9-13-19(18)22-20(21)15-14-17-10-6-5-7-11-17/h5-16H,3-4H2,1-2H3. The summed E-state index contributed by atoms with van der Waals surface area (Å²) in [6, 6.07) is 20.9. The van der Waals surface area contributed by atoms with E-state index in [1.54, 1.807) is 0 Å². The first-order valence-corrected chi connectivity index (χ1v) is 8.19. The van der Waals surface area contributed by atoms with E-state index in [1.807, 2.05) is 12.1 Å². The topological polar surface area (TPSA) is 16.1 Å². The molecule has 1 aromatic heterocycles. The zero-order chi connectivity index (χ0) is 16.1. The number of para-hydroxylation sites is 1. The number of hydrogen-bond acceptors (Lipinski definition) is 2. The highest BCUT2D eigenvalue weighted by atomic mass is 15.1. The molecule has 0 radical (unpaired) electrons. The van der Waals surface area contributed by atoms with E-state index in [1.165, 1.54) is 16.6 Å². The number of fused-ring (bicyclic) bond motifs is 1. The normalized spacial score (nSPS) is 11.2. The molecule has 0 aliphatic heterocycles. The van der Waals surface area contributed by atoms with Crippen LogP contribution in [0.2, 0.25) is 0 Å². The third kappa shape index (κ3) is 3.42. The van der Waals surface area contributed by atoms with Crippen LogP contribution < -0.4 is 4.90 Å². The molecular weight excluding hydrogens is 280 g/mol. The first-order chi connectivity index (χ1) is 11.3. The maximum atomic E-state index is 4.88. The molecule has 2 aromatic carbocycles. The van der Waals surface area contributed by atoms with Gasteiger partial charge in [0.15, 0.2) is 0 Å². The lowest BCUT2D eigenvalue weighted by atomic mass is 10.1. The summed E-state index contributed by atoms with van der Waals surface area (Å²) in [4.78, 5) is 7.23. The van der Waals surface area contributed by atoms with Crippen LogP contribution in [0.3, 0.4) is 0 Å². The number of pyridine rings is 1. The van der Waals surface area contributed by atoms with E-state index in [4.69, 9.17) is 4.98 Å². The second-order valence-electron chi connectivity index (χ2n) is 5.50. The lowest BCUT2D eigenvalue weighted by molar-refractivity contribution is 0.862. The summed E-state index contributed by atoms with van der Waals surface area (Å²) in [5.74, 6) is 0. The van der Waals surface area contributed by atoms with Gasteiger partial charge in [0.05, 0.1) is 16.9 Å². The third-order valence-corrected chi connectivity index (χ3v) is 4.07. The van der Waals surface area contributed by atoms with Gasteiger partial charge in [0.2, 0.25) is 0 Å². The molecule has 0 saturated carbocycles. The highest BCUT2D eigenvalue weighted by Crippen LogP contribution is 2.26. The number of rotatable bonds is 5. The molecule has 0 N–H and O–H groups in total. The molecule has 2 heteroatoms. The van der Waals surface area contributed by atoms with Gasteiger partial charge in [-0.1, -0.05) is 54.6 Å². The molecular formula is C21H22N2. The van der Waals surface area contributed by atoms with Gasteiger partial charge in [-0.25, -0.2) is 4.98 Å². The second-order valence-corrected chi connectivity index (χ2v) is 5.50. The Morgan fingerprint density at radius 3 is 2.30 bits per heavy atom. The SMILES string of the molecule is CCN(CC)c1cc2ccccc2nc1C=Cc1ccccc1. The Morgan fingerprint density at radius 1 is 0.870 bits per heavy atom. The van der Waals surface area contributed by atoms with Crippen LogP contribution in [0.4, 0.5) is 5.69 Å². The van der Waals surface area contributed by atoms with Gasteiger partial charge in [0.1, 0.15) is 0 Å². The third-order valence-electron chi connectivity index (χ3n) is 4.07. The summed E-state index contributed by atoms with van der Waals surface area (Å²) in [6.45, 7) is 6.32. The van der Waals surface area contributed by atoms with Crippen LogP contribution >= 0.6 is 0 Å². The highest BCUT2D eigenvalue weighted by Gasteiger charge is 2.09. The Hall–Kier alpha value is -2.61. The minimum Gasteiger partial charge on any atom is -0.370 e. The van der Waals surface area contributed by atoms with Crippen LogP contribution in [0, 0.1) is 0 Å². The smallest absolute Gasteiger partial charge is 0.0871 e. The molecule has 0 amide bonds. The zero-order valence-electron chi connectivity index (χ0n) is 13.7. The predicted molar refractivity (Wildman–Crippen MR) is 101 cm³/mol. The van der Waals surface area contributed by atoms with Crippen molar-refractivity contribution in [3.8, 4) is 0 Å². The fourth-order valence-corrected chi connectivity index (χ4v) is 2.80. The average molecular weight is 302 g/mol. The molecule has 1 heterocycles. The van der Waals surface area contributed by atoms with E-state index >= 15 is 0 Å². The Balaban J connectivity index is 2.09. The number of nitrogens with zero attached hydrogens (tertiary/aromatic N) is 2. The van der Waals surface area contributed by atoms with Gasteiger partial charge in [0.25, 0.3) is 0 Å². The van der Waals surface area contributed by atoms with Crippen molar-refractivity contribution >= 4 is 28.7 Å². The summed E-state index contributed by atoms with van der Waals surface area (Å²) in [5, 5.41) is 1.19. The lowest BCUT2D eigenvalue weighted by Gasteiger charge is -2.23. The van der Waals surface area contributed by atoms with Gasteiger partial charge in [-0.3, -0.25) is 0 Å². The molecule has 0 aliphatic rings. The summed E-state index contributed by atoms with van der Waals surface area (Å²) < 4.78 is 0. The van der Waals surface area contributed by atoms with E-state index in [9.17, 15) is 0 Å². The van der Waals surface area contributed by atoms with Gasteiger partial charge < -0.3 is 4.90 Å². The molecule has 3 rings (SSSR count). The van der Waals surface area contributed by atoms with Crippen molar-refractivity contribution in [1.29, 1.82) is 0 Å². The molecule has 0 bridgehead atoms. The highest BCUT2D eigenvalue weighted by molar-refractivity contribution is 5.87. The number of benzene rings is 2. The van der Waals surface area contributed by atoms with Gasteiger partial charge in [-0.2, -0.15) is 0 Å². The summed E-state index contributed by atoms with van der Waals surface area (Å²) in [5.41, 5.74) is 4.45. The molecule has 0 atom stereocenters. The van der Waals surface area contributed by atoms with Crippen molar-refractivity contribution in [2.75, 3.05) is 18.0 Å². The zero-order valence-corrected chi connectivity index (χ0v) is 13.7. The molecule has 0 unspecified atom stereocenters. The molecule has 116 valence electrons. The second kappa shape index (κ2) is 7.10. The van der Waals surface area contributed by atoms with Crippen molar-refractivity contribution in [2.45, 2.75) is 13.8 Å². The van der Waals surface area contributed by atoms with Crippen LogP contribution in [0.25, 0.3) is 23.1 Å². The van der Waals surface area contributed by atoms with Crippen molar-refractivity contribution in [2.24, 2.45) is 0 Å². The Kier molecular flexibility index (Phi) is 4.72. The summed E-state index contributed by atoms with van der Waals surface area (Å²) >= 11 is 0. The van der Waals surface area contributed by atoms with Gasteiger partial charge in [-0.05, 0) is 37.6 Å². The molecule has 0 aliphatic carbocycles. The first kappa shape index (κ1) is 15.3. The maximum absolute atomic E-state index is 4.88. The fourth-order valence-electron chi connectivity index (χ4n) is 2.80. The van der Waals surface area contributed by atoms with Gasteiger partial charge in [-0.15, -0.1) is 0 Å². The van der Waals surface area contributed by atoms with Gasteiger partial charge in [0, 0.05) is 18.5 Å². The van der Waals surface area contributed by atoms with Crippen LogP contribution in [0.5, 0.6) is 0 Å². The molecule has 0 spiro atoms. The van der Waals surface area contributed by atoms with Crippen LogP contribution in [0.15, 0.2) is 60.7 Å². The Labute approximate surface area is 138 Å². The van der Waals surface area contributed by atoms with Crippen molar-refractivity contribution in [3.63, 3.8) is 0 Å². The number of anilines is 1. The predicted octanol–water partition coefficient (Wildman–Crippen LogP) is 5.25. The van der Waals surface area contributed by atoms with Gasteiger partial charge >= 0.3 is 0 Å². The molecule has 23 heavy (non-hydrogen) atoms. The largest absolute Gasteiger partial charge is 0.370 e. The van der Waals surface area contributed by atoms with Crippen LogP contribution in [-0.4, -0.2) is 18.1 Å². The van der Waals surface area contributed by atoms with E-state index in [2.05, 4.69) is 79.4 Å². The van der Waals surface area contributed by atoms with E-state index in [0.29, 0.717) is 0 Å². The first-order valence-electron chi connectivity index (χ1n) is 8.19. The molecule has 0 saturated heterocycles. The lowest BCUT2D eigenvalue weighted by Crippen LogP contribution is -2.23. The Morgan fingerprint density at radius 2 is 1.57 bits per heavy atom. The van der Waals surface area contributed by atoms with E-state index in [0.717, 1.165) is 24.3 Å². The minimum absolute atomic E-state index is 0.975. The van der Waals surface area contributed by atoms with Crippen LogP contribution in [0.1, 0.15) is 25.1 Å². The average Bonchev–Trinajstić information content (AvgIpc) is 2.61. The van der Waals surface area contributed by atoms with Crippen LogP contribution in [-0.2, 0) is 0 Å². The summed E-state index contributed by atoms with van der Waals surface area (Å²) in [7, 11) is 0. The van der Waals surface area contributed by atoms with Crippen molar-refractivity contribution < 1.29 is 0 Å². The maximum Gasteiger partial charge on any atom is 0.0871 e. The quantitative estimate of drug-likeness (QED) is 0.640. The molecule has 0 fully saturated rings. The monoisotopic (exact) mass is 302 g/mol. The molecule has 3 aromatic rings. The van der Waals surface area contributed by atoms with E-state index in [-0.39, 0.29) is 0 Å². The summed E-state index contributed by atoms with van der Waals surface area (Å²) in [6.07, 6.45) is 4.25. The van der Waals surface area contributed by atoms with Crippen molar-refractivity contribution in [3.05, 3.63) is 71.9 Å².